The Morgan fingerprint density at radius 2 is 2.00 bits per heavy atom. The lowest BCUT2D eigenvalue weighted by Crippen LogP contribution is -1.85. The van der Waals surface area contributed by atoms with Crippen LogP contribution in [0.15, 0.2) is 36.4 Å². The van der Waals surface area contributed by atoms with Gasteiger partial charge in [0.15, 0.2) is 0 Å². The standard InChI is InChI=1S/C12H13BrN2/c13-8-4-7-11-9-12(15-14-11)10-5-2-1-3-6-10/h1-3,5-6,9H,4,7-8H2,(H,14,15). The lowest BCUT2D eigenvalue weighted by Gasteiger charge is -1.93. The first-order valence-corrected chi connectivity index (χ1v) is 6.18. The van der Waals surface area contributed by atoms with Crippen molar-refractivity contribution in [1.82, 2.24) is 10.2 Å². The van der Waals surface area contributed by atoms with E-state index in [1.165, 1.54) is 11.3 Å². The molecule has 0 saturated carbocycles. The predicted molar refractivity (Wildman–Crippen MR) is 66.1 cm³/mol. The molecular formula is C12H13BrN2. The Morgan fingerprint density at radius 3 is 2.73 bits per heavy atom. The van der Waals surface area contributed by atoms with Gasteiger partial charge in [-0.1, -0.05) is 46.3 Å². The Balaban J connectivity index is 2.14. The second-order valence-electron chi connectivity index (χ2n) is 3.44. The van der Waals surface area contributed by atoms with E-state index in [2.05, 4.69) is 44.3 Å². The number of benzene rings is 1. The number of aryl methyl sites for hydroxylation is 1. The Labute approximate surface area is 97.8 Å². The maximum atomic E-state index is 4.30. The first-order chi connectivity index (χ1) is 7.40. The van der Waals surface area contributed by atoms with Crippen molar-refractivity contribution in [3.8, 4) is 11.3 Å². The monoisotopic (exact) mass is 264 g/mol. The lowest BCUT2D eigenvalue weighted by atomic mass is 10.1. The van der Waals surface area contributed by atoms with Crippen LogP contribution in [-0.2, 0) is 6.42 Å². The normalized spacial score (nSPS) is 10.5. The topological polar surface area (TPSA) is 28.7 Å². The third-order valence-corrected chi connectivity index (χ3v) is 2.84. The van der Waals surface area contributed by atoms with Gasteiger partial charge in [-0.25, -0.2) is 0 Å². The van der Waals surface area contributed by atoms with Crippen LogP contribution in [0.1, 0.15) is 12.1 Å². The lowest BCUT2D eigenvalue weighted by molar-refractivity contribution is 0.879. The van der Waals surface area contributed by atoms with Crippen molar-refractivity contribution in [2.24, 2.45) is 0 Å². The van der Waals surface area contributed by atoms with Crippen LogP contribution in [0.25, 0.3) is 11.3 Å². The van der Waals surface area contributed by atoms with E-state index in [-0.39, 0.29) is 0 Å². The molecular weight excluding hydrogens is 252 g/mol. The van der Waals surface area contributed by atoms with Gasteiger partial charge in [-0.15, -0.1) is 0 Å². The van der Waals surface area contributed by atoms with E-state index >= 15 is 0 Å². The number of alkyl halides is 1. The van der Waals surface area contributed by atoms with Gasteiger partial charge in [-0.2, -0.15) is 5.10 Å². The molecule has 0 saturated heterocycles. The summed E-state index contributed by atoms with van der Waals surface area (Å²) in [5.41, 5.74) is 3.40. The summed E-state index contributed by atoms with van der Waals surface area (Å²) < 4.78 is 0. The van der Waals surface area contributed by atoms with Crippen LogP contribution >= 0.6 is 15.9 Å². The van der Waals surface area contributed by atoms with Crippen molar-refractivity contribution < 1.29 is 0 Å². The molecule has 0 aliphatic rings. The third-order valence-electron chi connectivity index (χ3n) is 2.28. The molecule has 2 rings (SSSR count). The van der Waals surface area contributed by atoms with Crippen LogP contribution in [0.2, 0.25) is 0 Å². The Morgan fingerprint density at radius 1 is 1.20 bits per heavy atom. The smallest absolute Gasteiger partial charge is 0.0923 e. The zero-order valence-corrected chi connectivity index (χ0v) is 10.00. The highest BCUT2D eigenvalue weighted by molar-refractivity contribution is 9.09. The van der Waals surface area contributed by atoms with E-state index in [1.807, 2.05) is 18.2 Å². The van der Waals surface area contributed by atoms with Gasteiger partial charge < -0.3 is 0 Å². The average molecular weight is 265 g/mol. The minimum atomic E-state index is 1.03. The second-order valence-corrected chi connectivity index (χ2v) is 4.23. The Bertz CT molecular complexity index is 409. The highest BCUT2D eigenvalue weighted by atomic mass is 79.9. The number of halogens is 1. The SMILES string of the molecule is BrCCCc1cc(-c2ccccc2)n[nH]1. The highest BCUT2D eigenvalue weighted by Gasteiger charge is 2.02. The van der Waals surface area contributed by atoms with Crippen molar-refractivity contribution in [3.05, 3.63) is 42.1 Å². The van der Waals surface area contributed by atoms with Crippen LogP contribution in [0.5, 0.6) is 0 Å². The molecule has 0 aliphatic carbocycles. The largest absolute Gasteiger partial charge is 0.282 e. The van der Waals surface area contributed by atoms with Crippen LogP contribution < -0.4 is 0 Å². The summed E-state index contributed by atoms with van der Waals surface area (Å²) in [6.45, 7) is 0. The zero-order valence-electron chi connectivity index (χ0n) is 8.41. The highest BCUT2D eigenvalue weighted by Crippen LogP contribution is 2.17. The molecule has 1 aromatic carbocycles. The first kappa shape index (κ1) is 10.4. The third kappa shape index (κ3) is 2.69. The van der Waals surface area contributed by atoms with Crippen molar-refractivity contribution >= 4 is 15.9 Å². The number of nitrogens with one attached hydrogen (secondary N) is 1. The Hall–Kier alpha value is -1.09. The molecule has 1 N–H and O–H groups in total. The fraction of sp³-hybridized carbons (Fsp3) is 0.250. The van der Waals surface area contributed by atoms with Crippen molar-refractivity contribution in [2.45, 2.75) is 12.8 Å². The van der Waals surface area contributed by atoms with E-state index < -0.39 is 0 Å². The summed E-state index contributed by atoms with van der Waals surface area (Å²) in [6, 6.07) is 12.3. The molecule has 0 fully saturated rings. The maximum Gasteiger partial charge on any atom is 0.0923 e. The van der Waals surface area contributed by atoms with Crippen molar-refractivity contribution in [2.75, 3.05) is 5.33 Å². The van der Waals surface area contributed by atoms with Gasteiger partial charge in [0.05, 0.1) is 5.69 Å². The number of hydrogen-bond acceptors (Lipinski definition) is 1. The fourth-order valence-electron chi connectivity index (χ4n) is 1.50. The number of nitrogens with zero attached hydrogens (tertiary/aromatic N) is 1. The number of aromatic nitrogens is 2. The van der Waals surface area contributed by atoms with E-state index in [1.54, 1.807) is 0 Å². The summed E-state index contributed by atoms with van der Waals surface area (Å²) in [4.78, 5) is 0. The predicted octanol–water partition coefficient (Wildman–Crippen LogP) is 3.40. The molecule has 1 aromatic heterocycles. The van der Waals surface area contributed by atoms with E-state index in [4.69, 9.17) is 0 Å². The van der Waals surface area contributed by atoms with Crippen LogP contribution in [0.4, 0.5) is 0 Å². The molecule has 2 nitrogen and oxygen atoms in total. The molecule has 0 amide bonds. The number of rotatable bonds is 4. The summed E-state index contributed by atoms with van der Waals surface area (Å²) in [5.74, 6) is 0. The van der Waals surface area contributed by atoms with Gasteiger partial charge >= 0.3 is 0 Å². The van der Waals surface area contributed by atoms with Gasteiger partial charge in [0.1, 0.15) is 0 Å². The van der Waals surface area contributed by atoms with E-state index in [0.29, 0.717) is 0 Å². The van der Waals surface area contributed by atoms with E-state index in [9.17, 15) is 0 Å². The molecule has 0 bridgehead atoms. The average Bonchev–Trinajstić information content (AvgIpc) is 2.76. The summed E-state index contributed by atoms with van der Waals surface area (Å²) in [7, 11) is 0. The van der Waals surface area contributed by atoms with Crippen LogP contribution in [0, 0.1) is 0 Å². The molecule has 2 aromatic rings. The van der Waals surface area contributed by atoms with Gasteiger partial charge in [0.2, 0.25) is 0 Å². The molecule has 0 aliphatic heterocycles. The molecule has 15 heavy (non-hydrogen) atoms. The summed E-state index contributed by atoms with van der Waals surface area (Å²) in [6.07, 6.45) is 2.18. The minimum Gasteiger partial charge on any atom is -0.282 e. The van der Waals surface area contributed by atoms with Gasteiger partial charge in [0, 0.05) is 16.6 Å². The molecule has 3 heteroatoms. The number of H-pyrrole nitrogens is 1. The van der Waals surface area contributed by atoms with E-state index in [0.717, 1.165) is 23.9 Å². The molecule has 1 heterocycles. The minimum absolute atomic E-state index is 1.03. The van der Waals surface area contributed by atoms with Gasteiger partial charge in [-0.3, -0.25) is 5.10 Å². The number of hydrogen-bond donors (Lipinski definition) is 1. The molecule has 0 radical (unpaired) electrons. The summed E-state index contributed by atoms with van der Waals surface area (Å²) >= 11 is 3.42. The van der Waals surface area contributed by atoms with Crippen LogP contribution in [-0.4, -0.2) is 15.5 Å². The van der Waals surface area contributed by atoms with Crippen molar-refractivity contribution in [1.29, 1.82) is 0 Å². The quantitative estimate of drug-likeness (QED) is 0.843. The molecule has 0 unspecified atom stereocenters. The molecule has 78 valence electrons. The second kappa shape index (κ2) is 5.12. The van der Waals surface area contributed by atoms with Gasteiger partial charge in [-0.05, 0) is 18.9 Å². The number of aromatic amines is 1. The molecule has 0 spiro atoms. The maximum absolute atomic E-state index is 4.30. The zero-order chi connectivity index (χ0) is 10.5. The molecule has 0 atom stereocenters. The van der Waals surface area contributed by atoms with Crippen molar-refractivity contribution in [3.63, 3.8) is 0 Å². The first-order valence-electron chi connectivity index (χ1n) is 5.06. The fourth-order valence-corrected chi connectivity index (χ4v) is 1.78. The van der Waals surface area contributed by atoms with Gasteiger partial charge in [0.25, 0.3) is 0 Å². The summed E-state index contributed by atoms with van der Waals surface area (Å²) in [5, 5.41) is 8.40. The Kier molecular flexibility index (Phi) is 3.56. The van der Waals surface area contributed by atoms with Crippen LogP contribution in [0.3, 0.4) is 0 Å².